The summed E-state index contributed by atoms with van der Waals surface area (Å²) in [6.07, 6.45) is 14.6. The fourth-order valence-corrected chi connectivity index (χ4v) is 16.6. The largest absolute Gasteiger partial charge is 0.481 e. The van der Waals surface area contributed by atoms with Crippen LogP contribution in [0.4, 0.5) is 5.69 Å². The number of carboxylic acids is 1. The lowest BCUT2D eigenvalue weighted by Crippen LogP contribution is -2.62. The zero-order valence-electron chi connectivity index (χ0n) is 38.5. The summed E-state index contributed by atoms with van der Waals surface area (Å²) >= 11 is 0. The Hall–Kier alpha value is -2.96. The Bertz CT molecular complexity index is 2030. The van der Waals surface area contributed by atoms with Gasteiger partial charge in [0.25, 0.3) is 0 Å². The van der Waals surface area contributed by atoms with Gasteiger partial charge in [-0.25, -0.2) is 0 Å². The third kappa shape index (κ3) is 7.08. The van der Waals surface area contributed by atoms with Gasteiger partial charge in [-0.05, 0) is 190 Å². The van der Waals surface area contributed by atoms with Crippen LogP contribution in [-0.4, -0.2) is 76.3 Å². The Balaban J connectivity index is 0.842. The van der Waals surface area contributed by atoms with Crippen LogP contribution < -0.4 is 4.90 Å². The molecular weight excluding hydrogens is 775 g/mol. The number of aliphatic hydroxyl groups is 3. The summed E-state index contributed by atoms with van der Waals surface area (Å²) < 4.78 is 6.67. The van der Waals surface area contributed by atoms with Crippen LogP contribution in [0.1, 0.15) is 149 Å². The van der Waals surface area contributed by atoms with E-state index in [-0.39, 0.29) is 76.2 Å². The number of carbonyl (C=O) groups is 2. The number of ketones is 1. The second kappa shape index (κ2) is 16.5. The fraction of sp³-hybridized carbons (Fsp3) is 0.741. The maximum Gasteiger partial charge on any atom is 0.303 e. The highest BCUT2D eigenvalue weighted by atomic mass is 16.5. The van der Waals surface area contributed by atoms with Crippen LogP contribution in [0, 0.1) is 75.4 Å². The standard InChI is InChI=1S/C54H75NO7/c1-7-22-54(61)24-21-43-40-15-11-34-27-37(56)14-16-39(34)49(40)41(31-52(43,54)4)33-9-12-36(13-10-33)55(6)25-26-62-38-20-23-51(3)35(28-38)29-46(57)50-44-18-17-42(32(2)8-19-48(59)60)53(44,5)47(58)30-45(50)51/h9-10,12-13,27,32,35,38,40-47,50,57-58,61H,8,11,14-21,23-26,28-31H2,1-6H3,(H,59,60)/t32-,35+,38-,40+,41-,42-,43+,44+,45+,46-,47+,50+,51+,52+,53-,54+/m1/s1. The van der Waals surface area contributed by atoms with Gasteiger partial charge in [0.15, 0.2) is 5.78 Å². The van der Waals surface area contributed by atoms with Gasteiger partial charge in [0.1, 0.15) is 5.60 Å². The Morgan fingerprint density at radius 1 is 0.952 bits per heavy atom. The maximum atomic E-state index is 12.5. The first kappa shape index (κ1) is 44.3. The number of carboxylic acid groups (broad SMARTS) is 1. The molecule has 0 radical (unpaired) electrons. The highest BCUT2D eigenvalue weighted by Crippen LogP contribution is 2.69. The molecular formula is C54H75NO7. The number of likely N-dealkylation sites (N-methyl/N-ethyl adjacent to an activating group) is 1. The van der Waals surface area contributed by atoms with Crippen molar-refractivity contribution in [3.05, 3.63) is 52.6 Å². The van der Waals surface area contributed by atoms with Crippen LogP contribution in [0.5, 0.6) is 0 Å². The lowest BCUT2D eigenvalue weighted by Gasteiger charge is -2.63. The minimum absolute atomic E-state index is 0.0643. The van der Waals surface area contributed by atoms with Crippen molar-refractivity contribution in [2.75, 3.05) is 25.1 Å². The van der Waals surface area contributed by atoms with E-state index in [0.717, 1.165) is 95.7 Å². The molecule has 8 aliphatic carbocycles. The van der Waals surface area contributed by atoms with E-state index in [9.17, 15) is 30.0 Å². The average molecular weight is 850 g/mol. The minimum atomic E-state index is -0.985. The molecule has 0 saturated heterocycles. The van der Waals surface area contributed by atoms with E-state index in [0.29, 0.717) is 37.2 Å². The molecule has 4 N–H and O–H groups in total. The Labute approximate surface area is 371 Å². The third-order valence-corrected chi connectivity index (χ3v) is 20.0. The van der Waals surface area contributed by atoms with Crippen molar-refractivity contribution in [3.8, 4) is 11.8 Å². The number of allylic oxidation sites excluding steroid dienone is 4. The van der Waals surface area contributed by atoms with E-state index in [2.05, 4.69) is 75.7 Å². The molecule has 0 aliphatic heterocycles. The minimum Gasteiger partial charge on any atom is -0.481 e. The van der Waals surface area contributed by atoms with Gasteiger partial charge in [-0.15, -0.1) is 5.92 Å². The molecule has 9 rings (SSSR count). The number of hydrogen-bond acceptors (Lipinski definition) is 7. The Kier molecular flexibility index (Phi) is 11.8. The van der Waals surface area contributed by atoms with Crippen molar-refractivity contribution in [1.82, 2.24) is 0 Å². The van der Waals surface area contributed by atoms with Gasteiger partial charge in [0.2, 0.25) is 0 Å². The number of aliphatic carboxylic acids is 1. The van der Waals surface area contributed by atoms with Crippen molar-refractivity contribution in [2.24, 2.45) is 63.6 Å². The van der Waals surface area contributed by atoms with Crippen LogP contribution >= 0.6 is 0 Å². The van der Waals surface area contributed by atoms with Crippen molar-refractivity contribution in [2.45, 2.75) is 167 Å². The summed E-state index contributed by atoms with van der Waals surface area (Å²) in [6, 6.07) is 9.10. The normalized spacial score (nSPS) is 43.7. The summed E-state index contributed by atoms with van der Waals surface area (Å²) in [6.45, 7) is 12.4. The van der Waals surface area contributed by atoms with Crippen LogP contribution in [0.2, 0.25) is 0 Å². The molecule has 6 saturated carbocycles. The number of rotatable bonds is 10. The van der Waals surface area contributed by atoms with Crippen molar-refractivity contribution in [1.29, 1.82) is 0 Å². The molecule has 0 unspecified atom stereocenters. The zero-order valence-corrected chi connectivity index (χ0v) is 38.5. The number of fused-ring (bicyclic) bond motifs is 9. The topological polar surface area (TPSA) is 128 Å². The number of benzene rings is 1. The molecule has 0 heterocycles. The van der Waals surface area contributed by atoms with Gasteiger partial charge >= 0.3 is 5.97 Å². The van der Waals surface area contributed by atoms with E-state index in [4.69, 9.17) is 4.74 Å². The lowest BCUT2D eigenvalue weighted by molar-refractivity contribution is -0.209. The quantitative estimate of drug-likeness (QED) is 0.172. The van der Waals surface area contributed by atoms with E-state index in [1.54, 1.807) is 0 Å². The van der Waals surface area contributed by atoms with Gasteiger partial charge in [-0.2, -0.15) is 0 Å². The highest BCUT2D eigenvalue weighted by molar-refractivity contribution is 5.93. The molecule has 16 atom stereocenters. The number of carbonyl (C=O) groups excluding carboxylic acids is 1. The summed E-state index contributed by atoms with van der Waals surface area (Å²) in [4.78, 5) is 26.2. The van der Waals surface area contributed by atoms with E-state index >= 15 is 0 Å². The predicted octanol–water partition coefficient (Wildman–Crippen LogP) is 9.26. The Morgan fingerprint density at radius 3 is 2.47 bits per heavy atom. The second-order valence-electron chi connectivity index (χ2n) is 22.6. The van der Waals surface area contributed by atoms with Gasteiger partial charge in [-0.1, -0.05) is 51.3 Å². The van der Waals surface area contributed by atoms with Crippen LogP contribution in [0.3, 0.4) is 0 Å². The molecule has 0 spiro atoms. The summed E-state index contributed by atoms with van der Waals surface area (Å²) in [7, 11) is 2.14. The van der Waals surface area contributed by atoms with Crippen LogP contribution in [0.15, 0.2) is 47.1 Å². The number of nitrogens with zero attached hydrogens (tertiary/aromatic N) is 1. The van der Waals surface area contributed by atoms with E-state index in [1.807, 2.05) is 13.0 Å². The smallest absolute Gasteiger partial charge is 0.303 e. The zero-order chi connectivity index (χ0) is 43.9. The molecule has 0 amide bonds. The molecule has 1 aromatic rings. The third-order valence-electron chi connectivity index (χ3n) is 20.0. The molecule has 8 nitrogen and oxygen atoms in total. The van der Waals surface area contributed by atoms with Gasteiger partial charge in [0.05, 0.1) is 24.9 Å². The SMILES string of the molecule is CC#C[C@]1(O)CC[C@H]2[C@@H]3CCC4=CC(=O)CCC4=C3[C@@H](c3ccc(N(C)CCO[C@@H]4CC[C@@]5(C)[C@@H](C4)C[C@@H](O)[C@@H]4[C@@H]5C[C@H](O)[C@]5(C)[C@@H]([C@H](C)CCC(=O)O)CC[C@@H]45)cc3)C[C@@]21C. The predicted molar refractivity (Wildman–Crippen MR) is 242 cm³/mol. The first-order valence-electron chi connectivity index (χ1n) is 24.7. The van der Waals surface area contributed by atoms with Crippen molar-refractivity contribution in [3.63, 3.8) is 0 Å². The lowest BCUT2D eigenvalue weighted by atomic mass is 9.43. The first-order valence-corrected chi connectivity index (χ1v) is 24.7. The second-order valence-corrected chi connectivity index (χ2v) is 22.6. The summed E-state index contributed by atoms with van der Waals surface area (Å²) in [5, 5.41) is 45.4. The fourth-order valence-electron chi connectivity index (χ4n) is 16.6. The van der Waals surface area contributed by atoms with E-state index in [1.165, 1.54) is 22.3 Å². The number of hydrogen-bond donors (Lipinski definition) is 4. The molecule has 8 heteroatoms. The maximum absolute atomic E-state index is 12.5. The van der Waals surface area contributed by atoms with Crippen LogP contribution in [-0.2, 0) is 14.3 Å². The number of anilines is 1. The molecule has 0 aromatic heterocycles. The molecule has 0 bridgehead atoms. The summed E-state index contributed by atoms with van der Waals surface area (Å²) in [5.74, 6) is 8.46. The van der Waals surface area contributed by atoms with Gasteiger partial charge in [0, 0.05) is 43.5 Å². The molecule has 62 heavy (non-hydrogen) atoms. The number of ether oxygens (including phenoxy) is 1. The van der Waals surface area contributed by atoms with Crippen molar-refractivity contribution >= 4 is 17.4 Å². The molecule has 338 valence electrons. The number of aliphatic hydroxyl groups excluding tert-OH is 2. The van der Waals surface area contributed by atoms with Gasteiger partial charge < -0.3 is 30.1 Å². The van der Waals surface area contributed by atoms with E-state index < -0.39 is 17.7 Å². The Morgan fingerprint density at radius 2 is 1.73 bits per heavy atom. The molecule has 1 aromatic carbocycles. The highest BCUT2D eigenvalue weighted by Gasteiger charge is 2.66. The molecule has 8 aliphatic rings. The summed E-state index contributed by atoms with van der Waals surface area (Å²) in [5.41, 5.74) is 5.16. The first-order chi connectivity index (χ1) is 29.5. The monoisotopic (exact) mass is 850 g/mol. The van der Waals surface area contributed by atoms with Gasteiger partial charge in [-0.3, -0.25) is 9.59 Å². The molecule has 6 fully saturated rings. The van der Waals surface area contributed by atoms with Crippen molar-refractivity contribution < 1.29 is 34.8 Å². The average Bonchev–Trinajstić information content (AvgIpc) is 3.73. The van der Waals surface area contributed by atoms with Crippen LogP contribution in [0.25, 0.3) is 0 Å².